The van der Waals surface area contributed by atoms with Gasteiger partial charge in [0.2, 0.25) is 0 Å². The Bertz CT molecular complexity index is 706. The molecule has 2 amide bonds. The van der Waals surface area contributed by atoms with Crippen molar-refractivity contribution in [1.29, 1.82) is 0 Å². The van der Waals surface area contributed by atoms with Crippen LogP contribution in [0.25, 0.3) is 0 Å². The lowest BCUT2D eigenvalue weighted by Gasteiger charge is -2.15. The summed E-state index contributed by atoms with van der Waals surface area (Å²) in [7, 11) is 0. The van der Waals surface area contributed by atoms with Crippen molar-refractivity contribution in [2.75, 3.05) is 5.32 Å². The highest BCUT2D eigenvalue weighted by molar-refractivity contribution is 6.30. The quantitative estimate of drug-likeness (QED) is 0.656. The van der Waals surface area contributed by atoms with Crippen molar-refractivity contribution in [1.82, 2.24) is 5.32 Å². The Balaban J connectivity index is 2.01. The number of non-ortho nitro benzene ring substituents is 1. The number of rotatable bonds is 4. The van der Waals surface area contributed by atoms with Gasteiger partial charge in [0.1, 0.15) is 0 Å². The van der Waals surface area contributed by atoms with Crippen molar-refractivity contribution in [2.24, 2.45) is 0 Å². The molecule has 1 atom stereocenters. The number of carbonyl (C=O) groups is 1. The number of nitro groups is 1. The van der Waals surface area contributed by atoms with E-state index in [4.69, 9.17) is 11.6 Å². The second-order valence-electron chi connectivity index (χ2n) is 4.68. The fraction of sp³-hybridized carbons (Fsp3) is 0.133. The highest BCUT2D eigenvalue weighted by Gasteiger charge is 2.11. The monoisotopic (exact) mass is 319 g/mol. The molecule has 2 aromatic rings. The van der Waals surface area contributed by atoms with Crippen molar-refractivity contribution < 1.29 is 9.72 Å². The van der Waals surface area contributed by atoms with Gasteiger partial charge in [-0.3, -0.25) is 10.1 Å². The van der Waals surface area contributed by atoms with Gasteiger partial charge < -0.3 is 10.6 Å². The number of anilines is 1. The predicted octanol–water partition coefficient (Wildman–Crippen LogP) is 4.13. The van der Waals surface area contributed by atoms with Crippen molar-refractivity contribution >= 4 is 29.0 Å². The summed E-state index contributed by atoms with van der Waals surface area (Å²) in [5, 5.41) is 16.6. The summed E-state index contributed by atoms with van der Waals surface area (Å²) in [5.74, 6) is 0. The van der Waals surface area contributed by atoms with E-state index in [-0.39, 0.29) is 11.7 Å². The Morgan fingerprint density at radius 1 is 1.23 bits per heavy atom. The van der Waals surface area contributed by atoms with Gasteiger partial charge in [-0.1, -0.05) is 29.8 Å². The molecule has 0 aliphatic carbocycles. The van der Waals surface area contributed by atoms with E-state index in [1.807, 2.05) is 13.0 Å². The number of urea groups is 1. The summed E-state index contributed by atoms with van der Waals surface area (Å²) < 4.78 is 0. The molecular weight excluding hydrogens is 306 g/mol. The Hall–Kier alpha value is -2.60. The maximum absolute atomic E-state index is 11.9. The average molecular weight is 320 g/mol. The number of nitrogens with zero attached hydrogens (tertiary/aromatic N) is 1. The van der Waals surface area contributed by atoms with E-state index in [9.17, 15) is 14.9 Å². The molecule has 7 heteroatoms. The van der Waals surface area contributed by atoms with Crippen LogP contribution in [0.4, 0.5) is 16.2 Å². The molecule has 0 aliphatic rings. The first-order chi connectivity index (χ1) is 10.5. The first-order valence-electron chi connectivity index (χ1n) is 6.53. The predicted molar refractivity (Wildman–Crippen MR) is 85.1 cm³/mol. The maximum atomic E-state index is 11.9. The minimum absolute atomic E-state index is 0.0827. The largest absolute Gasteiger partial charge is 0.331 e. The van der Waals surface area contributed by atoms with E-state index < -0.39 is 11.0 Å². The number of nitrogens with one attached hydrogen (secondary N) is 2. The minimum Gasteiger partial charge on any atom is -0.331 e. The first kappa shape index (κ1) is 15.8. The van der Waals surface area contributed by atoms with E-state index in [1.54, 1.807) is 24.3 Å². The first-order valence-corrected chi connectivity index (χ1v) is 6.91. The zero-order valence-corrected chi connectivity index (χ0v) is 12.5. The molecule has 0 saturated carbocycles. The normalized spacial score (nSPS) is 11.5. The molecule has 0 aliphatic heterocycles. The molecule has 2 rings (SSSR count). The van der Waals surface area contributed by atoms with Gasteiger partial charge in [-0.25, -0.2) is 4.79 Å². The fourth-order valence-electron chi connectivity index (χ4n) is 1.92. The number of hydrogen-bond acceptors (Lipinski definition) is 3. The Morgan fingerprint density at radius 3 is 2.64 bits per heavy atom. The van der Waals surface area contributed by atoms with Crippen molar-refractivity contribution in [3.8, 4) is 0 Å². The van der Waals surface area contributed by atoms with Gasteiger partial charge >= 0.3 is 6.03 Å². The number of carbonyl (C=O) groups excluding carboxylic acids is 1. The number of amides is 2. The lowest BCUT2D eigenvalue weighted by molar-refractivity contribution is -0.384. The van der Waals surface area contributed by atoms with Crippen LogP contribution in [0.1, 0.15) is 18.5 Å². The van der Waals surface area contributed by atoms with E-state index in [2.05, 4.69) is 10.6 Å². The lowest BCUT2D eigenvalue weighted by atomic mass is 10.1. The van der Waals surface area contributed by atoms with Gasteiger partial charge in [0.25, 0.3) is 5.69 Å². The van der Waals surface area contributed by atoms with Crippen LogP contribution in [0.3, 0.4) is 0 Å². The molecule has 0 heterocycles. The van der Waals surface area contributed by atoms with Crippen LogP contribution >= 0.6 is 11.6 Å². The van der Waals surface area contributed by atoms with Crippen molar-refractivity contribution in [2.45, 2.75) is 13.0 Å². The van der Waals surface area contributed by atoms with E-state index >= 15 is 0 Å². The summed E-state index contributed by atoms with van der Waals surface area (Å²) in [6.07, 6.45) is 0. The second kappa shape index (κ2) is 6.91. The molecular formula is C15H14ClN3O3. The molecule has 2 aromatic carbocycles. The Morgan fingerprint density at radius 2 is 1.95 bits per heavy atom. The van der Waals surface area contributed by atoms with Crippen LogP contribution in [0.2, 0.25) is 5.02 Å². The number of hydrogen-bond donors (Lipinski definition) is 2. The van der Waals surface area contributed by atoms with Gasteiger partial charge in [-0.05, 0) is 30.7 Å². The highest BCUT2D eigenvalue weighted by Crippen LogP contribution is 2.19. The number of benzene rings is 2. The molecule has 114 valence electrons. The molecule has 0 saturated heterocycles. The number of halogens is 1. The molecule has 22 heavy (non-hydrogen) atoms. The van der Waals surface area contributed by atoms with Crippen LogP contribution in [-0.4, -0.2) is 11.0 Å². The van der Waals surface area contributed by atoms with Gasteiger partial charge in [0.15, 0.2) is 0 Å². The molecule has 2 N–H and O–H groups in total. The van der Waals surface area contributed by atoms with Crippen LogP contribution in [-0.2, 0) is 0 Å². The molecule has 6 nitrogen and oxygen atoms in total. The van der Waals surface area contributed by atoms with Crippen LogP contribution < -0.4 is 10.6 Å². The summed E-state index contributed by atoms with van der Waals surface area (Å²) in [6, 6.07) is 12.2. The molecule has 0 unspecified atom stereocenters. The van der Waals surface area contributed by atoms with Gasteiger partial charge in [-0.2, -0.15) is 0 Å². The summed E-state index contributed by atoms with van der Waals surface area (Å²) in [5.41, 5.74) is 1.13. The highest BCUT2D eigenvalue weighted by atomic mass is 35.5. The summed E-state index contributed by atoms with van der Waals surface area (Å²) >= 11 is 5.91. The molecule has 0 radical (unpaired) electrons. The van der Waals surface area contributed by atoms with E-state index in [1.165, 1.54) is 18.2 Å². The third-order valence-corrected chi connectivity index (χ3v) is 3.25. The minimum atomic E-state index is -0.516. The summed E-state index contributed by atoms with van der Waals surface area (Å²) in [6.45, 7) is 1.82. The topological polar surface area (TPSA) is 84.3 Å². The summed E-state index contributed by atoms with van der Waals surface area (Å²) in [4.78, 5) is 22.1. The average Bonchev–Trinajstić information content (AvgIpc) is 2.47. The lowest BCUT2D eigenvalue weighted by Crippen LogP contribution is -2.31. The molecule has 0 bridgehead atoms. The molecule has 0 aromatic heterocycles. The van der Waals surface area contributed by atoms with Gasteiger partial charge in [0.05, 0.1) is 11.0 Å². The van der Waals surface area contributed by atoms with Crippen molar-refractivity contribution in [3.05, 3.63) is 69.2 Å². The third kappa shape index (κ3) is 4.20. The van der Waals surface area contributed by atoms with Crippen LogP contribution in [0.5, 0.6) is 0 Å². The zero-order chi connectivity index (χ0) is 16.1. The van der Waals surface area contributed by atoms with Crippen LogP contribution in [0.15, 0.2) is 48.5 Å². The standard InChI is InChI=1S/C15H14ClN3O3/c1-10(11-4-2-5-12(16)8-11)17-15(20)18-13-6-3-7-14(9-13)19(21)22/h2-10H,1H3,(H2,17,18,20)/t10-/m0/s1. The number of nitro benzene ring substituents is 1. The smallest absolute Gasteiger partial charge is 0.319 e. The van der Waals surface area contributed by atoms with Crippen LogP contribution in [0, 0.1) is 10.1 Å². The molecule has 0 fully saturated rings. The van der Waals surface area contributed by atoms with Crippen molar-refractivity contribution in [3.63, 3.8) is 0 Å². The van der Waals surface area contributed by atoms with E-state index in [0.717, 1.165) is 5.56 Å². The zero-order valence-electron chi connectivity index (χ0n) is 11.7. The maximum Gasteiger partial charge on any atom is 0.319 e. The van der Waals surface area contributed by atoms with E-state index in [0.29, 0.717) is 10.7 Å². The fourth-order valence-corrected chi connectivity index (χ4v) is 2.12. The second-order valence-corrected chi connectivity index (χ2v) is 5.12. The SMILES string of the molecule is C[C@H](NC(=O)Nc1cccc([N+](=O)[O-])c1)c1cccc(Cl)c1. The van der Waals surface area contributed by atoms with Gasteiger partial charge in [-0.15, -0.1) is 0 Å². The van der Waals surface area contributed by atoms with Gasteiger partial charge in [0, 0.05) is 22.8 Å². The third-order valence-electron chi connectivity index (χ3n) is 3.01. The Labute approximate surface area is 132 Å². The molecule has 0 spiro atoms. The Kier molecular flexibility index (Phi) is 4.95.